The highest BCUT2D eigenvalue weighted by atomic mass is 16.1. The van der Waals surface area contributed by atoms with Crippen molar-refractivity contribution in [1.82, 2.24) is 10.3 Å². The number of ketones is 1. The van der Waals surface area contributed by atoms with Crippen molar-refractivity contribution in [3.63, 3.8) is 0 Å². The molecule has 1 aliphatic heterocycles. The molecule has 1 N–H and O–H groups in total. The second kappa shape index (κ2) is 7.02. The molecule has 2 heterocycles. The molecule has 2 aliphatic rings. The highest BCUT2D eigenvalue weighted by Gasteiger charge is 2.37. The zero-order valence-corrected chi connectivity index (χ0v) is 14.2. The highest BCUT2D eigenvalue weighted by Crippen LogP contribution is 2.36. The highest BCUT2D eigenvalue weighted by molar-refractivity contribution is 5.88. The van der Waals surface area contributed by atoms with Crippen LogP contribution in [0.2, 0.25) is 0 Å². The standard InChI is InChI=1S/C21H26N2O/c24-20(14-15-8-9-19-17(13-15)7-4-11-22-19)21-18(10-12-23-21)16-5-2-1-3-6-16/h4,7-9,11,13,16,18,21,23H,1-3,5-6,10,12,14H2/t18-,21-/m0/s1. The quantitative estimate of drug-likeness (QED) is 0.928. The molecule has 24 heavy (non-hydrogen) atoms. The number of nitrogens with zero attached hydrogens (tertiary/aromatic N) is 1. The predicted octanol–water partition coefficient (Wildman–Crippen LogP) is 3.90. The van der Waals surface area contributed by atoms with Gasteiger partial charge in [0, 0.05) is 18.0 Å². The van der Waals surface area contributed by atoms with Gasteiger partial charge in [-0.1, -0.05) is 44.2 Å². The maximum absolute atomic E-state index is 12.9. The molecule has 1 saturated heterocycles. The van der Waals surface area contributed by atoms with Gasteiger partial charge < -0.3 is 5.32 Å². The van der Waals surface area contributed by atoms with Crippen LogP contribution in [-0.4, -0.2) is 23.4 Å². The normalized spacial score (nSPS) is 25.2. The molecule has 2 aromatic rings. The summed E-state index contributed by atoms with van der Waals surface area (Å²) < 4.78 is 0. The zero-order chi connectivity index (χ0) is 16.4. The van der Waals surface area contributed by atoms with Crippen molar-refractivity contribution in [2.45, 2.75) is 51.0 Å². The molecule has 126 valence electrons. The van der Waals surface area contributed by atoms with Crippen LogP contribution in [0.1, 0.15) is 44.1 Å². The zero-order valence-electron chi connectivity index (χ0n) is 14.2. The topological polar surface area (TPSA) is 42.0 Å². The van der Waals surface area contributed by atoms with Crippen LogP contribution in [-0.2, 0) is 11.2 Å². The summed E-state index contributed by atoms with van der Waals surface area (Å²) in [7, 11) is 0. The van der Waals surface area contributed by atoms with Gasteiger partial charge in [0.05, 0.1) is 11.6 Å². The van der Waals surface area contributed by atoms with Gasteiger partial charge in [-0.05, 0) is 48.6 Å². The van der Waals surface area contributed by atoms with E-state index < -0.39 is 0 Å². The van der Waals surface area contributed by atoms with E-state index in [0.29, 0.717) is 18.1 Å². The minimum absolute atomic E-state index is 0.0673. The Bertz CT molecular complexity index is 721. The number of benzene rings is 1. The van der Waals surface area contributed by atoms with Gasteiger partial charge in [-0.15, -0.1) is 0 Å². The Morgan fingerprint density at radius 3 is 2.88 bits per heavy atom. The Hall–Kier alpha value is -1.74. The average molecular weight is 322 g/mol. The van der Waals surface area contributed by atoms with Crippen LogP contribution in [0.4, 0.5) is 0 Å². The molecule has 0 radical (unpaired) electrons. The molecule has 0 spiro atoms. The van der Waals surface area contributed by atoms with E-state index in [2.05, 4.69) is 28.5 Å². The number of nitrogens with one attached hydrogen (secondary N) is 1. The van der Waals surface area contributed by atoms with Crippen LogP contribution in [0, 0.1) is 11.8 Å². The molecular formula is C21H26N2O. The SMILES string of the molecule is O=C(Cc1ccc2ncccc2c1)[C@H]1NCC[C@H]1C1CCCCC1. The van der Waals surface area contributed by atoms with Crippen LogP contribution < -0.4 is 5.32 Å². The predicted molar refractivity (Wildman–Crippen MR) is 96.9 cm³/mol. The number of Topliss-reactive ketones (excluding diaryl/α,β-unsaturated/α-hetero) is 1. The van der Waals surface area contributed by atoms with Gasteiger partial charge in [0.1, 0.15) is 0 Å². The van der Waals surface area contributed by atoms with Crippen LogP contribution in [0.25, 0.3) is 10.9 Å². The number of aromatic nitrogens is 1. The smallest absolute Gasteiger partial charge is 0.154 e. The third kappa shape index (κ3) is 3.23. The van der Waals surface area contributed by atoms with Crippen molar-refractivity contribution in [3.05, 3.63) is 42.1 Å². The summed E-state index contributed by atoms with van der Waals surface area (Å²) in [4.78, 5) is 17.3. The molecule has 0 bridgehead atoms. The molecule has 2 atom stereocenters. The second-order valence-electron chi connectivity index (χ2n) is 7.46. The van der Waals surface area contributed by atoms with E-state index in [1.165, 1.54) is 38.5 Å². The minimum atomic E-state index is 0.0673. The van der Waals surface area contributed by atoms with Crippen LogP contribution in [0.5, 0.6) is 0 Å². The van der Waals surface area contributed by atoms with Gasteiger partial charge in [-0.3, -0.25) is 9.78 Å². The van der Waals surface area contributed by atoms with E-state index >= 15 is 0 Å². The summed E-state index contributed by atoms with van der Waals surface area (Å²) in [5.41, 5.74) is 2.10. The van der Waals surface area contributed by atoms with Crippen molar-refractivity contribution in [3.8, 4) is 0 Å². The lowest BCUT2D eigenvalue weighted by Crippen LogP contribution is -2.40. The number of fused-ring (bicyclic) bond motifs is 1. The molecule has 1 aromatic heterocycles. The number of carbonyl (C=O) groups excluding carboxylic acids is 1. The first-order chi connectivity index (χ1) is 11.8. The van der Waals surface area contributed by atoms with Crippen molar-refractivity contribution in [2.24, 2.45) is 11.8 Å². The molecule has 1 aromatic carbocycles. The van der Waals surface area contributed by atoms with Gasteiger partial charge in [0.15, 0.2) is 5.78 Å². The van der Waals surface area contributed by atoms with Crippen LogP contribution in [0.3, 0.4) is 0 Å². The third-order valence-electron chi connectivity index (χ3n) is 5.92. The van der Waals surface area contributed by atoms with Crippen LogP contribution in [0.15, 0.2) is 36.5 Å². The van der Waals surface area contributed by atoms with Gasteiger partial charge in [0.25, 0.3) is 0 Å². The van der Waals surface area contributed by atoms with Crippen LogP contribution >= 0.6 is 0 Å². The van der Waals surface area contributed by atoms with E-state index in [1.54, 1.807) is 0 Å². The molecular weight excluding hydrogens is 296 g/mol. The van der Waals surface area contributed by atoms with Crippen molar-refractivity contribution >= 4 is 16.7 Å². The van der Waals surface area contributed by atoms with Crippen molar-refractivity contribution in [2.75, 3.05) is 6.54 Å². The van der Waals surface area contributed by atoms with Gasteiger partial charge in [-0.25, -0.2) is 0 Å². The molecule has 2 fully saturated rings. The summed E-state index contributed by atoms with van der Waals surface area (Å²) >= 11 is 0. The van der Waals surface area contributed by atoms with E-state index in [4.69, 9.17) is 0 Å². The van der Waals surface area contributed by atoms with Gasteiger partial charge >= 0.3 is 0 Å². The monoisotopic (exact) mass is 322 g/mol. The summed E-state index contributed by atoms with van der Waals surface area (Å²) in [6, 6.07) is 10.3. The number of hydrogen-bond acceptors (Lipinski definition) is 3. The van der Waals surface area contributed by atoms with E-state index in [-0.39, 0.29) is 6.04 Å². The Morgan fingerprint density at radius 2 is 2.00 bits per heavy atom. The summed E-state index contributed by atoms with van der Waals surface area (Å²) in [6.07, 6.45) is 10.2. The molecule has 4 rings (SSSR count). The van der Waals surface area contributed by atoms with Gasteiger partial charge in [-0.2, -0.15) is 0 Å². The molecule has 1 saturated carbocycles. The molecule has 3 heteroatoms. The largest absolute Gasteiger partial charge is 0.307 e. The van der Waals surface area contributed by atoms with E-state index in [9.17, 15) is 4.79 Å². The average Bonchev–Trinajstić information content (AvgIpc) is 3.12. The Labute approximate surface area is 143 Å². The maximum atomic E-state index is 12.9. The maximum Gasteiger partial charge on any atom is 0.154 e. The first kappa shape index (κ1) is 15.8. The molecule has 1 aliphatic carbocycles. The van der Waals surface area contributed by atoms with E-state index in [0.717, 1.165) is 28.9 Å². The van der Waals surface area contributed by atoms with Crippen molar-refractivity contribution in [1.29, 1.82) is 0 Å². The first-order valence-electron chi connectivity index (χ1n) is 9.41. The minimum Gasteiger partial charge on any atom is -0.307 e. The van der Waals surface area contributed by atoms with Crippen molar-refractivity contribution < 1.29 is 4.79 Å². The molecule has 0 unspecified atom stereocenters. The van der Waals surface area contributed by atoms with E-state index in [1.807, 2.05) is 18.3 Å². The first-order valence-corrected chi connectivity index (χ1v) is 9.41. The lowest BCUT2D eigenvalue weighted by Gasteiger charge is -2.30. The summed E-state index contributed by atoms with van der Waals surface area (Å²) in [5.74, 6) is 1.68. The Kier molecular flexibility index (Phi) is 4.61. The summed E-state index contributed by atoms with van der Waals surface area (Å²) in [5, 5.41) is 4.62. The number of rotatable bonds is 4. The fourth-order valence-electron chi connectivity index (χ4n) is 4.69. The number of pyridine rings is 1. The second-order valence-corrected chi connectivity index (χ2v) is 7.46. The fraction of sp³-hybridized carbons (Fsp3) is 0.524. The Balaban J connectivity index is 1.47. The Morgan fingerprint density at radius 1 is 1.12 bits per heavy atom. The number of carbonyl (C=O) groups is 1. The molecule has 0 amide bonds. The fourth-order valence-corrected chi connectivity index (χ4v) is 4.69. The molecule has 3 nitrogen and oxygen atoms in total. The lowest BCUT2D eigenvalue weighted by atomic mass is 9.75. The third-order valence-corrected chi connectivity index (χ3v) is 5.92. The summed E-state index contributed by atoms with van der Waals surface area (Å²) in [6.45, 7) is 0.999. The number of hydrogen-bond donors (Lipinski definition) is 1. The van der Waals surface area contributed by atoms with Gasteiger partial charge in [0.2, 0.25) is 0 Å². The lowest BCUT2D eigenvalue weighted by molar-refractivity contribution is -0.121.